The zero-order chi connectivity index (χ0) is 13.0. The van der Waals surface area contributed by atoms with E-state index in [9.17, 15) is 0 Å². The molecule has 94 valence electrons. The molecule has 0 amide bonds. The molecule has 1 unspecified atom stereocenters. The molecule has 0 heterocycles. The minimum Gasteiger partial charge on any atom is -0.324 e. The third kappa shape index (κ3) is 3.59. The van der Waals surface area contributed by atoms with E-state index in [1.54, 1.807) is 0 Å². The molecule has 0 aromatic heterocycles. The van der Waals surface area contributed by atoms with Crippen molar-refractivity contribution in [3.63, 3.8) is 0 Å². The van der Waals surface area contributed by atoms with Crippen molar-refractivity contribution in [1.29, 1.82) is 0 Å². The Labute approximate surface area is 114 Å². The smallest absolute Gasteiger partial charge is 0.0411 e. The Bertz CT molecular complexity index is 488. The predicted molar refractivity (Wildman–Crippen MR) is 77.9 cm³/mol. The molecular weight excluding hydrogens is 242 g/mol. The third-order valence-electron chi connectivity index (χ3n) is 3.08. The van der Waals surface area contributed by atoms with Gasteiger partial charge in [0.2, 0.25) is 0 Å². The average Bonchev–Trinajstić information content (AvgIpc) is 2.36. The van der Waals surface area contributed by atoms with Crippen molar-refractivity contribution in [3.8, 4) is 0 Å². The van der Waals surface area contributed by atoms with Gasteiger partial charge in [-0.1, -0.05) is 48.0 Å². The van der Waals surface area contributed by atoms with E-state index in [4.69, 9.17) is 17.3 Å². The van der Waals surface area contributed by atoms with E-state index in [-0.39, 0.29) is 6.04 Å². The first-order valence-electron chi connectivity index (χ1n) is 6.22. The Kier molecular flexibility index (Phi) is 4.40. The molecule has 0 saturated heterocycles. The monoisotopic (exact) mass is 259 g/mol. The van der Waals surface area contributed by atoms with Crippen molar-refractivity contribution in [2.24, 2.45) is 5.73 Å². The van der Waals surface area contributed by atoms with E-state index in [1.807, 2.05) is 25.1 Å². The summed E-state index contributed by atoms with van der Waals surface area (Å²) in [5, 5.41) is 0.764. The van der Waals surface area contributed by atoms with E-state index in [0.29, 0.717) is 0 Å². The molecule has 2 N–H and O–H groups in total. The first-order valence-corrected chi connectivity index (χ1v) is 6.59. The third-order valence-corrected chi connectivity index (χ3v) is 3.30. The van der Waals surface area contributed by atoms with Crippen molar-refractivity contribution >= 4 is 11.6 Å². The zero-order valence-electron chi connectivity index (χ0n) is 10.6. The Morgan fingerprint density at radius 3 is 2.50 bits per heavy atom. The maximum absolute atomic E-state index is 6.22. The van der Waals surface area contributed by atoms with Crippen molar-refractivity contribution in [2.75, 3.05) is 0 Å². The fraction of sp³-hybridized carbons (Fsp3) is 0.250. The summed E-state index contributed by atoms with van der Waals surface area (Å²) in [4.78, 5) is 0. The fourth-order valence-corrected chi connectivity index (χ4v) is 2.41. The number of hydrogen-bond acceptors (Lipinski definition) is 1. The Morgan fingerprint density at radius 2 is 1.83 bits per heavy atom. The van der Waals surface area contributed by atoms with Crippen LogP contribution in [0, 0.1) is 6.92 Å². The Morgan fingerprint density at radius 1 is 1.11 bits per heavy atom. The van der Waals surface area contributed by atoms with E-state index >= 15 is 0 Å². The molecule has 0 aliphatic rings. The second-order valence-electron chi connectivity index (χ2n) is 4.69. The van der Waals surface area contributed by atoms with Crippen LogP contribution in [0.25, 0.3) is 0 Å². The van der Waals surface area contributed by atoms with Gasteiger partial charge in [-0.05, 0) is 48.6 Å². The van der Waals surface area contributed by atoms with E-state index in [2.05, 4.69) is 30.3 Å². The van der Waals surface area contributed by atoms with Crippen LogP contribution in [0.4, 0.5) is 0 Å². The summed E-state index contributed by atoms with van der Waals surface area (Å²) in [6.07, 6.45) is 1.93. The van der Waals surface area contributed by atoms with Crippen LogP contribution in [0.5, 0.6) is 0 Å². The lowest BCUT2D eigenvalue weighted by atomic mass is 9.98. The normalized spacial score (nSPS) is 12.4. The molecule has 18 heavy (non-hydrogen) atoms. The van der Waals surface area contributed by atoms with Gasteiger partial charge in [0.15, 0.2) is 0 Å². The van der Waals surface area contributed by atoms with Crippen LogP contribution in [0.2, 0.25) is 5.02 Å². The summed E-state index contributed by atoms with van der Waals surface area (Å²) in [5.41, 5.74) is 9.83. The van der Waals surface area contributed by atoms with Gasteiger partial charge in [-0.2, -0.15) is 0 Å². The zero-order valence-corrected chi connectivity index (χ0v) is 11.3. The fourth-order valence-electron chi connectivity index (χ4n) is 2.11. The molecule has 0 spiro atoms. The molecule has 0 saturated carbocycles. The lowest BCUT2D eigenvalue weighted by molar-refractivity contribution is 0.651. The van der Waals surface area contributed by atoms with Gasteiger partial charge in [-0.3, -0.25) is 0 Å². The quantitative estimate of drug-likeness (QED) is 0.871. The topological polar surface area (TPSA) is 26.0 Å². The van der Waals surface area contributed by atoms with Gasteiger partial charge >= 0.3 is 0 Å². The first kappa shape index (κ1) is 13.1. The van der Waals surface area contributed by atoms with E-state index in [0.717, 1.165) is 29.0 Å². The largest absolute Gasteiger partial charge is 0.324 e. The van der Waals surface area contributed by atoms with E-state index in [1.165, 1.54) is 5.56 Å². The van der Waals surface area contributed by atoms with Gasteiger partial charge in [-0.25, -0.2) is 0 Å². The number of benzene rings is 2. The summed E-state index contributed by atoms with van der Waals surface area (Å²) in [5.74, 6) is 0. The van der Waals surface area contributed by atoms with Crippen LogP contribution in [0.15, 0.2) is 48.5 Å². The SMILES string of the molecule is Cc1cc(Cl)cc(C(N)CCc2ccccc2)c1. The van der Waals surface area contributed by atoms with Gasteiger partial charge in [0.1, 0.15) is 0 Å². The summed E-state index contributed by atoms with van der Waals surface area (Å²) in [6, 6.07) is 16.5. The molecule has 1 atom stereocenters. The van der Waals surface area contributed by atoms with Crippen LogP contribution in [0.1, 0.15) is 29.2 Å². The van der Waals surface area contributed by atoms with Gasteiger partial charge in [0.25, 0.3) is 0 Å². The number of rotatable bonds is 4. The first-order chi connectivity index (χ1) is 8.65. The van der Waals surface area contributed by atoms with Gasteiger partial charge < -0.3 is 5.73 Å². The van der Waals surface area contributed by atoms with E-state index < -0.39 is 0 Å². The molecule has 1 nitrogen and oxygen atoms in total. The van der Waals surface area contributed by atoms with Crippen LogP contribution < -0.4 is 5.73 Å². The lowest BCUT2D eigenvalue weighted by Crippen LogP contribution is -2.11. The van der Waals surface area contributed by atoms with Crippen LogP contribution in [-0.4, -0.2) is 0 Å². The minimum absolute atomic E-state index is 0.0441. The molecule has 2 rings (SSSR count). The highest BCUT2D eigenvalue weighted by molar-refractivity contribution is 6.30. The van der Waals surface area contributed by atoms with Crippen LogP contribution in [-0.2, 0) is 6.42 Å². The lowest BCUT2D eigenvalue weighted by Gasteiger charge is -2.13. The Balaban J connectivity index is 2.01. The van der Waals surface area contributed by atoms with Crippen LogP contribution >= 0.6 is 11.6 Å². The predicted octanol–water partition coefficient (Wildman–Crippen LogP) is 4.28. The van der Waals surface area contributed by atoms with Crippen molar-refractivity contribution in [1.82, 2.24) is 0 Å². The second-order valence-corrected chi connectivity index (χ2v) is 5.13. The van der Waals surface area contributed by atoms with Gasteiger partial charge in [0.05, 0.1) is 0 Å². The van der Waals surface area contributed by atoms with Crippen molar-refractivity contribution < 1.29 is 0 Å². The highest BCUT2D eigenvalue weighted by Gasteiger charge is 2.07. The van der Waals surface area contributed by atoms with Gasteiger partial charge in [-0.15, -0.1) is 0 Å². The van der Waals surface area contributed by atoms with Crippen molar-refractivity contribution in [3.05, 3.63) is 70.2 Å². The van der Waals surface area contributed by atoms with Gasteiger partial charge in [0, 0.05) is 11.1 Å². The highest BCUT2D eigenvalue weighted by Crippen LogP contribution is 2.22. The average molecular weight is 260 g/mol. The molecular formula is C16H18ClN. The summed E-state index contributed by atoms with van der Waals surface area (Å²) < 4.78 is 0. The molecule has 0 aliphatic carbocycles. The second kappa shape index (κ2) is 6.03. The summed E-state index contributed by atoms with van der Waals surface area (Å²) in [6.45, 7) is 2.04. The standard InChI is InChI=1S/C16H18ClN/c1-12-9-14(11-15(17)10-12)16(18)8-7-13-5-3-2-4-6-13/h2-6,9-11,16H,7-8,18H2,1H3. The molecule has 0 fully saturated rings. The number of nitrogens with two attached hydrogens (primary N) is 1. The maximum Gasteiger partial charge on any atom is 0.0411 e. The molecule has 0 radical (unpaired) electrons. The molecule has 2 aromatic carbocycles. The maximum atomic E-state index is 6.22. The van der Waals surface area contributed by atoms with Crippen molar-refractivity contribution in [2.45, 2.75) is 25.8 Å². The molecule has 0 aliphatic heterocycles. The Hall–Kier alpha value is -1.31. The minimum atomic E-state index is 0.0441. The molecule has 0 bridgehead atoms. The summed E-state index contributed by atoms with van der Waals surface area (Å²) in [7, 11) is 0. The summed E-state index contributed by atoms with van der Waals surface area (Å²) >= 11 is 6.06. The number of aryl methyl sites for hydroxylation is 2. The van der Waals surface area contributed by atoms with Crippen LogP contribution in [0.3, 0.4) is 0 Å². The number of hydrogen-bond donors (Lipinski definition) is 1. The number of halogens is 1. The molecule has 2 aromatic rings. The molecule has 2 heteroatoms. The highest BCUT2D eigenvalue weighted by atomic mass is 35.5.